The van der Waals surface area contributed by atoms with E-state index >= 15 is 0 Å². The zero-order valence-corrected chi connectivity index (χ0v) is 12.2. The summed E-state index contributed by atoms with van der Waals surface area (Å²) >= 11 is 5.93. The number of tetrazole rings is 1. The molecule has 0 spiro atoms. The first kappa shape index (κ1) is 13.6. The molecule has 0 bridgehead atoms. The van der Waals surface area contributed by atoms with E-state index in [0.717, 1.165) is 11.3 Å². The third kappa shape index (κ3) is 2.73. The average Bonchev–Trinajstić information content (AvgIpc) is 3.05. The van der Waals surface area contributed by atoms with E-state index in [-0.39, 0.29) is 0 Å². The van der Waals surface area contributed by atoms with Crippen molar-refractivity contribution < 1.29 is 0 Å². The molecule has 2 N–H and O–H groups in total. The Kier molecular flexibility index (Phi) is 3.58. The molecule has 0 aliphatic carbocycles. The Hall–Kier alpha value is -2.40. The largest absolute Gasteiger partial charge is 0.369 e. The number of benzene rings is 2. The average molecular weight is 300 g/mol. The van der Waals surface area contributed by atoms with Crippen molar-refractivity contribution >= 4 is 17.3 Å². The molecule has 0 amide bonds. The number of rotatable bonds is 4. The minimum atomic E-state index is -0.595. The van der Waals surface area contributed by atoms with Crippen molar-refractivity contribution in [3.8, 4) is 0 Å². The predicted molar refractivity (Wildman–Crippen MR) is 82.1 cm³/mol. The normalized spacial score (nSPS) is 13.6. The van der Waals surface area contributed by atoms with Crippen molar-refractivity contribution in [2.24, 2.45) is 0 Å². The number of nitrogens with one attached hydrogen (secondary N) is 2. The molecule has 1 aromatic heterocycles. The van der Waals surface area contributed by atoms with Crippen molar-refractivity contribution in [1.29, 1.82) is 0 Å². The Morgan fingerprint density at radius 2 is 1.76 bits per heavy atom. The summed E-state index contributed by atoms with van der Waals surface area (Å²) in [6.07, 6.45) is 0. The van der Waals surface area contributed by atoms with E-state index in [1.165, 1.54) is 0 Å². The van der Waals surface area contributed by atoms with Crippen LogP contribution in [0.2, 0.25) is 5.02 Å². The molecule has 3 aromatic rings. The molecule has 1 heterocycles. The van der Waals surface area contributed by atoms with Crippen molar-refractivity contribution in [2.75, 3.05) is 5.32 Å². The lowest BCUT2D eigenvalue weighted by molar-refractivity contribution is 0.609. The molecule has 0 radical (unpaired) electrons. The third-order valence-electron chi connectivity index (χ3n) is 3.38. The summed E-state index contributed by atoms with van der Waals surface area (Å²) in [4.78, 5) is 0. The van der Waals surface area contributed by atoms with E-state index in [9.17, 15) is 0 Å². The van der Waals surface area contributed by atoms with Gasteiger partial charge in [-0.15, -0.1) is 10.2 Å². The van der Waals surface area contributed by atoms with Crippen molar-refractivity contribution in [3.05, 3.63) is 71.0 Å². The number of anilines is 1. The zero-order chi connectivity index (χ0) is 14.7. The first-order valence-corrected chi connectivity index (χ1v) is 6.89. The molecule has 0 saturated carbocycles. The first-order valence-electron chi connectivity index (χ1n) is 6.52. The molecule has 5 nitrogen and oxygen atoms in total. The van der Waals surface area contributed by atoms with Crippen LogP contribution < -0.4 is 5.32 Å². The number of hydrogen-bond acceptors (Lipinski definition) is 4. The molecule has 1 unspecified atom stereocenters. The van der Waals surface area contributed by atoms with Crippen LogP contribution in [-0.2, 0) is 5.54 Å². The molecule has 0 aliphatic rings. The number of aromatic amines is 1. The lowest BCUT2D eigenvalue weighted by Crippen LogP contribution is -2.34. The maximum absolute atomic E-state index is 5.93. The van der Waals surface area contributed by atoms with E-state index in [1.54, 1.807) is 0 Å². The van der Waals surface area contributed by atoms with Crippen LogP contribution in [0.25, 0.3) is 0 Å². The van der Waals surface area contributed by atoms with Gasteiger partial charge in [0.15, 0.2) is 0 Å². The van der Waals surface area contributed by atoms with Gasteiger partial charge in [0.2, 0.25) is 5.82 Å². The second kappa shape index (κ2) is 5.54. The SMILES string of the molecule is CC(Nc1ccc(Cl)cc1)(c1ccccc1)c1nn[nH]n1. The number of hydrogen-bond donors (Lipinski definition) is 2. The van der Waals surface area contributed by atoms with E-state index < -0.39 is 5.54 Å². The summed E-state index contributed by atoms with van der Waals surface area (Å²) in [5.74, 6) is 0.573. The van der Waals surface area contributed by atoms with Crippen molar-refractivity contribution in [1.82, 2.24) is 20.6 Å². The van der Waals surface area contributed by atoms with Gasteiger partial charge in [0.05, 0.1) is 0 Å². The van der Waals surface area contributed by atoms with Crippen LogP contribution in [-0.4, -0.2) is 20.6 Å². The van der Waals surface area contributed by atoms with Crippen LogP contribution in [0, 0.1) is 0 Å². The zero-order valence-electron chi connectivity index (χ0n) is 11.4. The van der Waals surface area contributed by atoms with Crippen molar-refractivity contribution in [3.63, 3.8) is 0 Å². The van der Waals surface area contributed by atoms with E-state index in [1.807, 2.05) is 61.5 Å². The predicted octanol–water partition coefficient (Wildman–Crippen LogP) is 3.23. The van der Waals surface area contributed by atoms with Gasteiger partial charge in [0, 0.05) is 10.7 Å². The van der Waals surface area contributed by atoms with Crippen LogP contribution >= 0.6 is 11.6 Å². The smallest absolute Gasteiger partial charge is 0.204 e. The van der Waals surface area contributed by atoms with E-state index in [0.29, 0.717) is 10.8 Å². The van der Waals surface area contributed by atoms with Crippen LogP contribution in [0.5, 0.6) is 0 Å². The molecular weight excluding hydrogens is 286 g/mol. The third-order valence-corrected chi connectivity index (χ3v) is 3.63. The van der Waals surface area contributed by atoms with Gasteiger partial charge in [-0.2, -0.15) is 5.21 Å². The van der Waals surface area contributed by atoms with Crippen LogP contribution in [0.1, 0.15) is 18.3 Å². The van der Waals surface area contributed by atoms with Gasteiger partial charge in [-0.1, -0.05) is 47.1 Å². The molecule has 21 heavy (non-hydrogen) atoms. The fourth-order valence-electron chi connectivity index (χ4n) is 2.22. The minimum absolute atomic E-state index is 0.573. The summed E-state index contributed by atoms with van der Waals surface area (Å²) in [6, 6.07) is 17.5. The maximum Gasteiger partial charge on any atom is 0.204 e. The number of H-pyrrole nitrogens is 1. The monoisotopic (exact) mass is 299 g/mol. The molecule has 0 saturated heterocycles. The highest BCUT2D eigenvalue weighted by atomic mass is 35.5. The lowest BCUT2D eigenvalue weighted by atomic mass is 9.91. The highest BCUT2D eigenvalue weighted by molar-refractivity contribution is 6.30. The lowest BCUT2D eigenvalue weighted by Gasteiger charge is -2.29. The highest BCUT2D eigenvalue weighted by Gasteiger charge is 2.33. The van der Waals surface area contributed by atoms with Gasteiger partial charge in [0.1, 0.15) is 5.54 Å². The second-order valence-corrected chi connectivity index (χ2v) is 5.29. The van der Waals surface area contributed by atoms with Gasteiger partial charge in [-0.3, -0.25) is 0 Å². The number of halogens is 1. The fraction of sp³-hybridized carbons (Fsp3) is 0.133. The summed E-state index contributed by atoms with van der Waals surface area (Å²) in [5, 5.41) is 18.6. The molecule has 106 valence electrons. The molecule has 6 heteroatoms. The fourth-order valence-corrected chi connectivity index (χ4v) is 2.35. The second-order valence-electron chi connectivity index (χ2n) is 4.86. The Morgan fingerprint density at radius 3 is 2.38 bits per heavy atom. The Labute approximate surface area is 127 Å². The summed E-state index contributed by atoms with van der Waals surface area (Å²) in [5.41, 5.74) is 1.37. The summed E-state index contributed by atoms with van der Waals surface area (Å²) in [6.45, 7) is 2.02. The van der Waals surface area contributed by atoms with Gasteiger partial charge in [-0.05, 0) is 36.8 Å². The maximum atomic E-state index is 5.93. The summed E-state index contributed by atoms with van der Waals surface area (Å²) in [7, 11) is 0. The van der Waals surface area contributed by atoms with Crippen molar-refractivity contribution in [2.45, 2.75) is 12.5 Å². The molecule has 1 atom stereocenters. The van der Waals surface area contributed by atoms with Gasteiger partial charge < -0.3 is 5.32 Å². The highest BCUT2D eigenvalue weighted by Crippen LogP contribution is 2.30. The molecule has 0 fully saturated rings. The molecule has 0 aliphatic heterocycles. The van der Waals surface area contributed by atoms with Crippen LogP contribution in [0.15, 0.2) is 54.6 Å². The van der Waals surface area contributed by atoms with Gasteiger partial charge in [-0.25, -0.2) is 0 Å². The van der Waals surface area contributed by atoms with Gasteiger partial charge >= 0.3 is 0 Å². The van der Waals surface area contributed by atoms with E-state index in [4.69, 9.17) is 11.6 Å². The molecular formula is C15H14ClN5. The molecule has 3 rings (SSSR count). The standard InChI is InChI=1S/C15H14ClN5/c1-15(14-18-20-21-19-14,11-5-3-2-4-6-11)17-13-9-7-12(16)8-10-13/h2-10,17H,1H3,(H,18,19,20,21). The van der Waals surface area contributed by atoms with Crippen LogP contribution in [0.4, 0.5) is 5.69 Å². The van der Waals surface area contributed by atoms with Gasteiger partial charge in [0.25, 0.3) is 0 Å². The van der Waals surface area contributed by atoms with Crippen LogP contribution in [0.3, 0.4) is 0 Å². The molecule has 2 aromatic carbocycles. The Balaban J connectivity index is 2.03. The first-order chi connectivity index (χ1) is 10.2. The number of nitrogens with zero attached hydrogens (tertiary/aromatic N) is 3. The van der Waals surface area contributed by atoms with E-state index in [2.05, 4.69) is 25.9 Å². The minimum Gasteiger partial charge on any atom is -0.369 e. The summed E-state index contributed by atoms with van der Waals surface area (Å²) < 4.78 is 0. The Bertz CT molecular complexity index is 697. The quantitative estimate of drug-likeness (QED) is 0.776. The number of aromatic nitrogens is 4. The Morgan fingerprint density at radius 1 is 1.05 bits per heavy atom. The topological polar surface area (TPSA) is 66.5 Å².